The molecule has 0 aliphatic rings. The average Bonchev–Trinajstić information content (AvgIpc) is 1.96. The van der Waals surface area contributed by atoms with E-state index in [0.717, 1.165) is 19.3 Å². The molecule has 0 aromatic rings. The zero-order valence-electron chi connectivity index (χ0n) is 8.46. The van der Waals surface area contributed by atoms with Gasteiger partial charge in [0.1, 0.15) is 11.0 Å². The van der Waals surface area contributed by atoms with Crippen LogP contribution in [0.3, 0.4) is 0 Å². The van der Waals surface area contributed by atoms with Crippen LogP contribution >= 0.6 is 0 Å². The molecule has 0 aromatic carbocycles. The Labute approximate surface area is 78.1 Å². The van der Waals surface area contributed by atoms with Gasteiger partial charge < -0.3 is 0 Å². The first-order valence-corrected chi connectivity index (χ1v) is 5.53. The van der Waals surface area contributed by atoms with E-state index in [1.807, 2.05) is 20.8 Å². The second-order valence-electron chi connectivity index (χ2n) is 3.79. The average molecular weight is 189 g/mol. The lowest BCUT2D eigenvalue weighted by Gasteiger charge is -2.12. The molecule has 72 valence electrons. The molecule has 1 atom stereocenters. The topological polar surface area (TPSA) is 29.4 Å². The van der Waals surface area contributed by atoms with Gasteiger partial charge in [-0.15, -0.1) is 0 Å². The van der Waals surface area contributed by atoms with Gasteiger partial charge in [-0.2, -0.15) is 4.40 Å². The minimum Gasteiger partial charge on any atom is -0.234 e. The number of hydrogen-bond donors (Lipinski definition) is 0. The summed E-state index contributed by atoms with van der Waals surface area (Å²) >= 11 is 0. The van der Waals surface area contributed by atoms with Gasteiger partial charge in [0, 0.05) is 6.21 Å². The monoisotopic (exact) mass is 189 g/mol. The van der Waals surface area contributed by atoms with E-state index in [1.54, 1.807) is 6.21 Å². The Morgan fingerprint density at radius 1 is 1.42 bits per heavy atom. The predicted molar refractivity (Wildman–Crippen MR) is 55.9 cm³/mol. The van der Waals surface area contributed by atoms with Gasteiger partial charge in [0.15, 0.2) is 0 Å². The molecule has 3 heteroatoms. The standard InChI is InChI=1S/C9H19NOS/c1-5-6-7-8-10-12(11)9(2,3)4/h8H,5-7H2,1-4H3/t12-/m0/s1. The summed E-state index contributed by atoms with van der Waals surface area (Å²) in [4.78, 5) is 0. The first-order chi connectivity index (χ1) is 5.48. The van der Waals surface area contributed by atoms with Gasteiger partial charge in [-0.05, 0) is 33.6 Å². The smallest absolute Gasteiger partial charge is 0.144 e. The Bertz CT molecular complexity index is 170. The molecule has 0 spiro atoms. The minimum atomic E-state index is -1.07. The lowest BCUT2D eigenvalue weighted by Crippen LogP contribution is -2.19. The first kappa shape index (κ1) is 11.8. The maximum Gasteiger partial charge on any atom is 0.144 e. The van der Waals surface area contributed by atoms with E-state index in [4.69, 9.17) is 0 Å². The van der Waals surface area contributed by atoms with Crippen molar-refractivity contribution in [2.24, 2.45) is 4.40 Å². The summed E-state index contributed by atoms with van der Waals surface area (Å²) in [5.41, 5.74) is 0. The van der Waals surface area contributed by atoms with E-state index in [9.17, 15) is 4.21 Å². The highest BCUT2D eigenvalue weighted by Gasteiger charge is 2.17. The minimum absolute atomic E-state index is 0.220. The van der Waals surface area contributed by atoms with Crippen molar-refractivity contribution in [1.29, 1.82) is 0 Å². The Hall–Kier alpha value is -0.180. The SMILES string of the molecule is CCCCC=N[S@@](=O)C(C)(C)C. The van der Waals surface area contributed by atoms with Crippen LogP contribution in [0.4, 0.5) is 0 Å². The molecule has 0 bridgehead atoms. The van der Waals surface area contributed by atoms with Crippen LogP contribution < -0.4 is 0 Å². The van der Waals surface area contributed by atoms with E-state index < -0.39 is 11.0 Å². The molecule has 0 aliphatic carbocycles. The van der Waals surface area contributed by atoms with Crippen molar-refractivity contribution < 1.29 is 4.21 Å². The molecule has 0 unspecified atom stereocenters. The van der Waals surface area contributed by atoms with Gasteiger partial charge in [0.2, 0.25) is 0 Å². The molecular weight excluding hydrogens is 170 g/mol. The van der Waals surface area contributed by atoms with E-state index in [0.29, 0.717) is 0 Å². The van der Waals surface area contributed by atoms with Gasteiger partial charge in [-0.3, -0.25) is 0 Å². The summed E-state index contributed by atoms with van der Waals surface area (Å²) < 4.78 is 15.1. The van der Waals surface area contributed by atoms with Crippen LogP contribution in [0.2, 0.25) is 0 Å². The van der Waals surface area contributed by atoms with Crippen molar-refractivity contribution >= 4 is 17.2 Å². The molecule has 0 N–H and O–H groups in total. The summed E-state index contributed by atoms with van der Waals surface area (Å²) in [6.07, 6.45) is 5.02. The summed E-state index contributed by atoms with van der Waals surface area (Å²) in [6.45, 7) is 7.93. The van der Waals surface area contributed by atoms with Crippen LogP contribution in [0.15, 0.2) is 4.40 Å². The summed E-state index contributed by atoms with van der Waals surface area (Å²) in [5.74, 6) is 0. The number of rotatable bonds is 4. The molecule has 0 saturated carbocycles. The van der Waals surface area contributed by atoms with Crippen LogP contribution in [0.25, 0.3) is 0 Å². The third-order valence-electron chi connectivity index (χ3n) is 1.38. The largest absolute Gasteiger partial charge is 0.234 e. The van der Waals surface area contributed by atoms with Crippen molar-refractivity contribution in [3.63, 3.8) is 0 Å². The fraction of sp³-hybridized carbons (Fsp3) is 0.889. The molecule has 0 aromatic heterocycles. The Morgan fingerprint density at radius 3 is 2.42 bits per heavy atom. The van der Waals surface area contributed by atoms with E-state index >= 15 is 0 Å². The molecule has 12 heavy (non-hydrogen) atoms. The molecule has 0 fully saturated rings. The molecule has 0 amide bonds. The van der Waals surface area contributed by atoms with E-state index in [2.05, 4.69) is 11.3 Å². The van der Waals surface area contributed by atoms with Crippen LogP contribution in [0.1, 0.15) is 47.0 Å². The van der Waals surface area contributed by atoms with Crippen molar-refractivity contribution in [2.45, 2.75) is 51.7 Å². The fourth-order valence-corrected chi connectivity index (χ4v) is 1.13. The second kappa shape index (κ2) is 5.46. The molecule has 0 heterocycles. The highest BCUT2D eigenvalue weighted by atomic mass is 32.2. The zero-order chi connectivity index (χ0) is 9.61. The van der Waals surface area contributed by atoms with Gasteiger partial charge in [-0.25, -0.2) is 4.21 Å². The third kappa shape index (κ3) is 5.47. The predicted octanol–water partition coefficient (Wildman–Crippen LogP) is 2.71. The number of unbranched alkanes of at least 4 members (excludes halogenated alkanes) is 2. The van der Waals surface area contributed by atoms with Crippen molar-refractivity contribution in [1.82, 2.24) is 0 Å². The van der Waals surface area contributed by atoms with E-state index in [1.165, 1.54) is 0 Å². The van der Waals surface area contributed by atoms with Crippen LogP contribution in [-0.2, 0) is 11.0 Å². The zero-order valence-corrected chi connectivity index (χ0v) is 9.28. The highest BCUT2D eigenvalue weighted by molar-refractivity contribution is 7.85. The highest BCUT2D eigenvalue weighted by Crippen LogP contribution is 2.11. The molecular formula is C9H19NOS. The second-order valence-corrected chi connectivity index (χ2v) is 5.73. The quantitative estimate of drug-likeness (QED) is 0.494. The van der Waals surface area contributed by atoms with Gasteiger partial charge in [0.05, 0.1) is 4.75 Å². The van der Waals surface area contributed by atoms with Crippen molar-refractivity contribution in [3.8, 4) is 0 Å². The number of hydrogen-bond acceptors (Lipinski definition) is 1. The van der Waals surface area contributed by atoms with Crippen molar-refractivity contribution in [3.05, 3.63) is 0 Å². The Morgan fingerprint density at radius 2 is 2.00 bits per heavy atom. The van der Waals surface area contributed by atoms with Crippen LogP contribution in [-0.4, -0.2) is 15.2 Å². The maximum absolute atomic E-state index is 11.3. The molecule has 0 rings (SSSR count). The third-order valence-corrected chi connectivity index (χ3v) is 2.77. The summed E-state index contributed by atoms with van der Waals surface area (Å²) in [6, 6.07) is 0. The van der Waals surface area contributed by atoms with Crippen LogP contribution in [0.5, 0.6) is 0 Å². The Kier molecular flexibility index (Phi) is 5.38. The lowest BCUT2D eigenvalue weighted by atomic mass is 10.3. The molecule has 0 radical (unpaired) electrons. The normalized spacial score (nSPS) is 15.3. The molecule has 2 nitrogen and oxygen atoms in total. The molecule has 0 aliphatic heterocycles. The van der Waals surface area contributed by atoms with Gasteiger partial charge in [0.25, 0.3) is 0 Å². The van der Waals surface area contributed by atoms with Gasteiger partial charge >= 0.3 is 0 Å². The fourth-order valence-electron chi connectivity index (χ4n) is 0.574. The number of nitrogens with zero attached hydrogens (tertiary/aromatic N) is 1. The van der Waals surface area contributed by atoms with E-state index in [-0.39, 0.29) is 4.75 Å². The van der Waals surface area contributed by atoms with Crippen molar-refractivity contribution in [2.75, 3.05) is 0 Å². The molecule has 0 saturated heterocycles. The Balaban J connectivity index is 3.77. The van der Waals surface area contributed by atoms with Gasteiger partial charge in [-0.1, -0.05) is 13.3 Å². The van der Waals surface area contributed by atoms with Crippen LogP contribution in [0, 0.1) is 0 Å². The lowest BCUT2D eigenvalue weighted by molar-refractivity contribution is 0.650. The summed E-state index contributed by atoms with van der Waals surface area (Å²) in [7, 11) is -1.07. The maximum atomic E-state index is 11.3. The summed E-state index contributed by atoms with van der Waals surface area (Å²) in [5, 5.41) is 0. The first-order valence-electron chi connectivity index (χ1n) is 4.43.